The van der Waals surface area contributed by atoms with Gasteiger partial charge in [-0.3, -0.25) is 38.5 Å². The first kappa shape index (κ1) is 62.5. The summed E-state index contributed by atoms with van der Waals surface area (Å²) in [6, 6.07) is 2.21. The number of nitrogens with two attached hydrogens (primary N) is 1. The lowest BCUT2D eigenvalue weighted by Crippen LogP contribution is -2.55. The number of ether oxygens (including phenoxy) is 8. The first-order valence-corrected chi connectivity index (χ1v) is 24.0. The molecule has 0 radical (unpaired) electrons. The predicted octanol–water partition coefficient (Wildman–Crippen LogP) is -1.35. The van der Waals surface area contributed by atoms with Gasteiger partial charge in [0, 0.05) is 57.4 Å². The summed E-state index contributed by atoms with van der Waals surface area (Å²) < 4.78 is 43.1. The molecule has 1 aromatic carbocycles. The monoisotopic (exact) mass is 1020 g/mol. The van der Waals surface area contributed by atoms with Gasteiger partial charge < -0.3 is 80.6 Å². The minimum Gasteiger partial charge on any atom is -0.392 e. The highest BCUT2D eigenvalue weighted by Crippen LogP contribution is 2.13. The molecule has 1 heterocycles. The SMILES string of the molecule is COCCOCCOCCOCCOCCOCCOCCOCCNC(=O)[C@H](CCC(=O)N[C@H](C(=O)N[C@@H](CCCNC(N)=O)C(=O)Nc1ccc(CO)cc1)C(C)C)NC(=O)CCN1C(=O)C=CC1=O. The molecule has 25 heteroatoms. The van der Waals surface area contributed by atoms with E-state index >= 15 is 0 Å². The first-order valence-electron chi connectivity index (χ1n) is 24.0. The van der Waals surface area contributed by atoms with Crippen LogP contribution < -0.4 is 37.6 Å². The van der Waals surface area contributed by atoms with Crippen LogP contribution in [-0.4, -0.2) is 201 Å². The summed E-state index contributed by atoms with van der Waals surface area (Å²) in [5.74, 6) is -4.79. The molecule has 0 aliphatic carbocycles. The number of rotatable bonds is 43. The number of benzene rings is 1. The van der Waals surface area contributed by atoms with Crippen LogP contribution in [0, 0.1) is 5.92 Å². The zero-order valence-corrected chi connectivity index (χ0v) is 41.7. The molecule has 0 bridgehead atoms. The second-order valence-corrected chi connectivity index (χ2v) is 16.3. The fourth-order valence-corrected chi connectivity index (χ4v) is 6.36. The molecular weight excluding hydrogens is 949 g/mol. The Kier molecular flexibility index (Phi) is 33.8. The normalized spacial score (nSPS) is 13.4. The van der Waals surface area contributed by atoms with Crippen LogP contribution in [0.15, 0.2) is 36.4 Å². The molecule has 0 spiro atoms. The third-order valence-electron chi connectivity index (χ3n) is 10.3. The summed E-state index contributed by atoms with van der Waals surface area (Å²) in [4.78, 5) is 103. The standard InChI is InChI=1S/C47H76N8O17/c1-34(2)43(46(63)53-37(5-4-15-50-47(48)64)45(62)51-36-8-6-35(33-56)7-9-36)54-39(57)11-10-38(52-40(58)14-17-55-41(59)12-13-42(55)60)44(61)49-16-18-66-21-22-68-25-26-70-29-30-72-32-31-71-28-27-69-24-23-67-20-19-65-3/h6-9,12-13,34,37-38,43,56H,4-5,10-11,14-33H2,1-3H3,(H,49,61)(H,51,62)(H,52,58)(H,53,63)(H,54,57)(H3,48,50,64)/t37-,38-,43-/m0/s1. The van der Waals surface area contributed by atoms with Crippen molar-refractivity contribution in [3.05, 3.63) is 42.0 Å². The van der Waals surface area contributed by atoms with Gasteiger partial charge in [0.2, 0.25) is 29.5 Å². The van der Waals surface area contributed by atoms with E-state index in [-0.39, 0.29) is 78.2 Å². The van der Waals surface area contributed by atoms with E-state index in [9.17, 15) is 43.5 Å². The van der Waals surface area contributed by atoms with Crippen molar-refractivity contribution in [1.82, 2.24) is 31.5 Å². The van der Waals surface area contributed by atoms with Crippen molar-refractivity contribution in [2.45, 2.75) is 70.7 Å². The topological polar surface area (TPSA) is 332 Å². The molecule has 0 unspecified atom stereocenters. The van der Waals surface area contributed by atoms with Gasteiger partial charge in [0.05, 0.1) is 106 Å². The molecule has 3 atom stereocenters. The Labute approximate surface area is 420 Å². The summed E-state index contributed by atoms with van der Waals surface area (Å²) in [6.45, 7) is 9.02. The minimum absolute atomic E-state index is 0.0454. The summed E-state index contributed by atoms with van der Waals surface area (Å²) in [6.07, 6.45) is 1.69. The predicted molar refractivity (Wildman–Crippen MR) is 259 cm³/mol. The van der Waals surface area contributed by atoms with E-state index in [1.807, 2.05) is 0 Å². The molecule has 25 nitrogen and oxygen atoms in total. The van der Waals surface area contributed by atoms with Gasteiger partial charge in [-0.1, -0.05) is 26.0 Å². The van der Waals surface area contributed by atoms with E-state index < -0.39 is 71.4 Å². The zero-order chi connectivity index (χ0) is 52.8. The molecule has 0 saturated heterocycles. The average Bonchev–Trinajstić information content (AvgIpc) is 3.68. The number of carbonyl (C=O) groups excluding carboxylic acids is 8. The Morgan fingerprint density at radius 3 is 1.56 bits per heavy atom. The van der Waals surface area contributed by atoms with E-state index in [2.05, 4.69) is 31.9 Å². The van der Waals surface area contributed by atoms with E-state index in [4.69, 9.17) is 43.6 Å². The van der Waals surface area contributed by atoms with Crippen molar-refractivity contribution in [3.8, 4) is 0 Å². The number of primary amides is 1. The third kappa shape index (κ3) is 29.0. The molecule has 0 fully saturated rings. The maximum Gasteiger partial charge on any atom is 0.312 e. The van der Waals surface area contributed by atoms with Gasteiger partial charge in [-0.15, -0.1) is 0 Å². The molecule has 9 N–H and O–H groups in total. The van der Waals surface area contributed by atoms with Gasteiger partial charge in [-0.25, -0.2) is 4.79 Å². The van der Waals surface area contributed by atoms with Crippen LogP contribution in [0.4, 0.5) is 10.5 Å². The summed E-state index contributed by atoms with van der Waals surface area (Å²) in [5.41, 5.74) is 6.20. The lowest BCUT2D eigenvalue weighted by Gasteiger charge is -2.26. The molecular formula is C47H76N8O17. The van der Waals surface area contributed by atoms with Crippen molar-refractivity contribution in [3.63, 3.8) is 0 Å². The number of methoxy groups -OCH3 is 1. The van der Waals surface area contributed by atoms with Gasteiger partial charge >= 0.3 is 6.03 Å². The van der Waals surface area contributed by atoms with Gasteiger partial charge in [-0.2, -0.15) is 0 Å². The minimum atomic E-state index is -1.23. The number of aliphatic hydroxyl groups is 1. The Morgan fingerprint density at radius 1 is 0.583 bits per heavy atom. The number of hydrogen-bond donors (Lipinski definition) is 8. The molecule has 72 heavy (non-hydrogen) atoms. The van der Waals surface area contributed by atoms with Crippen molar-refractivity contribution >= 4 is 53.1 Å². The van der Waals surface area contributed by atoms with Crippen molar-refractivity contribution in [2.75, 3.05) is 131 Å². The molecule has 0 saturated carbocycles. The van der Waals surface area contributed by atoms with E-state index in [1.54, 1.807) is 45.2 Å². The van der Waals surface area contributed by atoms with Crippen LogP contribution in [0.5, 0.6) is 0 Å². The number of amides is 9. The van der Waals surface area contributed by atoms with Gasteiger partial charge in [0.15, 0.2) is 0 Å². The summed E-state index contributed by atoms with van der Waals surface area (Å²) in [7, 11) is 1.62. The number of carbonyl (C=O) groups is 8. The Bertz CT molecular complexity index is 1790. The highest BCUT2D eigenvalue weighted by Gasteiger charge is 2.30. The van der Waals surface area contributed by atoms with Gasteiger partial charge in [0.25, 0.3) is 11.8 Å². The smallest absolute Gasteiger partial charge is 0.312 e. The van der Waals surface area contributed by atoms with E-state index in [1.165, 1.54) is 0 Å². The second-order valence-electron chi connectivity index (χ2n) is 16.3. The molecule has 406 valence electrons. The summed E-state index contributed by atoms with van der Waals surface area (Å²) >= 11 is 0. The Balaban J connectivity index is 1.80. The second kappa shape index (κ2) is 39.0. The molecule has 0 aromatic heterocycles. The van der Waals surface area contributed by atoms with Gasteiger partial charge in [0.1, 0.15) is 18.1 Å². The number of nitrogens with one attached hydrogen (secondary N) is 6. The summed E-state index contributed by atoms with van der Waals surface area (Å²) in [5, 5.41) is 25.1. The molecule has 2 rings (SSSR count). The first-order chi connectivity index (χ1) is 34.7. The van der Waals surface area contributed by atoms with Crippen LogP contribution in [0.25, 0.3) is 0 Å². The van der Waals surface area contributed by atoms with Crippen molar-refractivity contribution < 1.29 is 81.4 Å². The molecule has 1 aliphatic rings. The Morgan fingerprint density at radius 2 is 1.07 bits per heavy atom. The van der Waals surface area contributed by atoms with Crippen LogP contribution >= 0.6 is 0 Å². The maximum atomic E-state index is 13.7. The largest absolute Gasteiger partial charge is 0.392 e. The number of nitrogens with zero attached hydrogens (tertiary/aromatic N) is 1. The maximum absolute atomic E-state index is 13.7. The fraction of sp³-hybridized carbons (Fsp3) is 0.660. The van der Waals surface area contributed by atoms with Crippen LogP contribution in [-0.2, 0) is 78.1 Å². The lowest BCUT2D eigenvalue weighted by molar-refractivity contribution is -0.138. The Hall–Kier alpha value is -5.64. The third-order valence-corrected chi connectivity index (χ3v) is 10.3. The van der Waals surface area contributed by atoms with Crippen molar-refractivity contribution in [2.24, 2.45) is 11.7 Å². The fourth-order valence-electron chi connectivity index (χ4n) is 6.36. The highest BCUT2D eigenvalue weighted by atomic mass is 16.6. The molecule has 1 aliphatic heterocycles. The number of aliphatic hydroxyl groups excluding tert-OH is 1. The number of hydrogen-bond acceptors (Lipinski definition) is 17. The lowest BCUT2D eigenvalue weighted by atomic mass is 10.0. The van der Waals surface area contributed by atoms with Crippen LogP contribution in [0.1, 0.15) is 51.5 Å². The molecule has 1 aromatic rings. The van der Waals surface area contributed by atoms with Crippen molar-refractivity contribution in [1.29, 1.82) is 0 Å². The number of imide groups is 1. The average molecular weight is 1030 g/mol. The van der Waals surface area contributed by atoms with Crippen LogP contribution in [0.2, 0.25) is 0 Å². The highest BCUT2D eigenvalue weighted by molar-refractivity contribution is 6.13. The molecule has 9 amide bonds. The quantitative estimate of drug-likeness (QED) is 0.0277. The van der Waals surface area contributed by atoms with E-state index in [0.29, 0.717) is 90.5 Å². The number of urea groups is 1. The van der Waals surface area contributed by atoms with Gasteiger partial charge in [-0.05, 0) is 42.9 Å². The van der Waals surface area contributed by atoms with E-state index in [0.717, 1.165) is 17.1 Å². The van der Waals surface area contributed by atoms with Crippen LogP contribution in [0.3, 0.4) is 0 Å². The zero-order valence-electron chi connectivity index (χ0n) is 41.7. The number of anilines is 1.